The third kappa shape index (κ3) is 9.41. The topological polar surface area (TPSA) is 27.1 Å². The van der Waals surface area contributed by atoms with Gasteiger partial charge in [-0.25, -0.2) is 4.98 Å². The van der Waals surface area contributed by atoms with E-state index in [-0.39, 0.29) is 0 Å². The predicted molar refractivity (Wildman–Crippen MR) is 168 cm³/mol. The Hall–Kier alpha value is -2.81. The van der Waals surface area contributed by atoms with Crippen molar-refractivity contribution in [3.63, 3.8) is 0 Å². The molecule has 0 bridgehead atoms. The lowest BCUT2D eigenvalue weighted by atomic mass is 10.0. The number of unbranched alkanes of at least 4 members (excludes halogenated alkanes) is 15. The Balaban J connectivity index is 1.13. The lowest BCUT2D eigenvalue weighted by Crippen LogP contribution is -2.08. The van der Waals surface area contributed by atoms with Crippen molar-refractivity contribution in [2.24, 2.45) is 0 Å². The predicted octanol–water partition coefficient (Wildman–Crippen LogP) is 11.0. The highest BCUT2D eigenvalue weighted by molar-refractivity contribution is 5.88. The molecule has 0 spiro atoms. The second kappa shape index (κ2) is 17.0. The zero-order chi connectivity index (χ0) is 27.0. The molecule has 0 saturated heterocycles. The number of benzene rings is 3. The summed E-state index contributed by atoms with van der Waals surface area (Å²) in [6, 6.07) is 23.2. The Bertz CT molecular complexity index is 1220. The van der Waals surface area contributed by atoms with Gasteiger partial charge in [-0.2, -0.15) is 0 Å². The van der Waals surface area contributed by atoms with E-state index in [1.165, 1.54) is 114 Å². The van der Waals surface area contributed by atoms with Gasteiger partial charge in [0.05, 0.1) is 11.0 Å². The Labute approximate surface area is 237 Å². The molecule has 1 heterocycles. The van der Waals surface area contributed by atoms with E-state index in [4.69, 9.17) is 9.72 Å². The smallest absolute Gasteiger partial charge is 0.147 e. The molecule has 0 amide bonds. The molecule has 0 aliphatic heterocycles. The van der Waals surface area contributed by atoms with E-state index in [1.807, 2.05) is 0 Å². The lowest BCUT2D eigenvalue weighted by molar-refractivity contribution is 0.293. The van der Waals surface area contributed by atoms with Gasteiger partial charge in [-0.3, -0.25) is 0 Å². The van der Waals surface area contributed by atoms with Gasteiger partial charge in [0, 0.05) is 11.9 Å². The number of hydrogen-bond donors (Lipinski definition) is 0. The molecule has 3 nitrogen and oxygen atoms in total. The van der Waals surface area contributed by atoms with Crippen LogP contribution in [0, 0.1) is 0 Å². The van der Waals surface area contributed by atoms with Crippen molar-refractivity contribution in [1.82, 2.24) is 9.55 Å². The van der Waals surface area contributed by atoms with Crippen LogP contribution in [0.2, 0.25) is 0 Å². The molecular weight excluding hydrogens is 476 g/mol. The molecule has 0 atom stereocenters. The average Bonchev–Trinajstić information content (AvgIpc) is 3.33. The van der Waals surface area contributed by atoms with Gasteiger partial charge in [-0.05, 0) is 30.0 Å². The van der Waals surface area contributed by atoms with Gasteiger partial charge >= 0.3 is 0 Å². The molecule has 210 valence electrons. The number of aryl methyl sites for hydroxylation is 1. The molecule has 0 fully saturated rings. The summed E-state index contributed by atoms with van der Waals surface area (Å²) in [6.45, 7) is 3.79. The molecule has 4 aromatic rings. The van der Waals surface area contributed by atoms with E-state index in [0.717, 1.165) is 29.0 Å². The zero-order valence-corrected chi connectivity index (χ0v) is 24.4. The van der Waals surface area contributed by atoms with E-state index in [2.05, 4.69) is 78.2 Å². The van der Waals surface area contributed by atoms with Crippen molar-refractivity contribution in [2.45, 2.75) is 123 Å². The monoisotopic (exact) mass is 526 g/mol. The van der Waals surface area contributed by atoms with Gasteiger partial charge in [0.1, 0.15) is 18.2 Å². The van der Waals surface area contributed by atoms with Gasteiger partial charge in [-0.15, -0.1) is 0 Å². The van der Waals surface area contributed by atoms with Crippen LogP contribution in [0.25, 0.3) is 21.8 Å². The fourth-order valence-electron chi connectivity index (χ4n) is 5.77. The maximum Gasteiger partial charge on any atom is 0.147 e. The number of nitrogens with zero attached hydrogens (tertiary/aromatic N) is 2. The van der Waals surface area contributed by atoms with Crippen LogP contribution in [0.15, 0.2) is 66.7 Å². The van der Waals surface area contributed by atoms with Gasteiger partial charge in [0.25, 0.3) is 0 Å². The van der Waals surface area contributed by atoms with Gasteiger partial charge in [0.2, 0.25) is 0 Å². The number of aromatic nitrogens is 2. The fraction of sp³-hybridized carbons (Fsp3) is 0.528. The van der Waals surface area contributed by atoms with Crippen LogP contribution in [0.5, 0.6) is 5.75 Å². The van der Waals surface area contributed by atoms with E-state index < -0.39 is 0 Å². The van der Waals surface area contributed by atoms with Crippen LogP contribution in [0.4, 0.5) is 0 Å². The third-order valence-electron chi connectivity index (χ3n) is 8.08. The molecule has 0 unspecified atom stereocenters. The van der Waals surface area contributed by atoms with E-state index >= 15 is 0 Å². The number of rotatable bonds is 20. The van der Waals surface area contributed by atoms with Gasteiger partial charge < -0.3 is 9.30 Å². The summed E-state index contributed by atoms with van der Waals surface area (Å²) in [5.74, 6) is 1.94. The molecule has 0 aliphatic rings. The van der Waals surface area contributed by atoms with Crippen molar-refractivity contribution >= 4 is 21.8 Å². The first kappa shape index (κ1) is 29.2. The molecule has 0 aliphatic carbocycles. The molecule has 1 aromatic heterocycles. The maximum atomic E-state index is 6.33. The highest BCUT2D eigenvalue weighted by Crippen LogP contribution is 2.27. The Morgan fingerprint density at radius 2 is 1.15 bits per heavy atom. The van der Waals surface area contributed by atoms with Crippen LogP contribution in [-0.4, -0.2) is 9.55 Å². The SMILES string of the molecule is CCCCCCCCCCCCCCCCCCn1c(COc2cccc3ccccc23)nc2ccccc21. The molecule has 3 aromatic carbocycles. The van der Waals surface area contributed by atoms with Gasteiger partial charge in [-0.1, -0.05) is 152 Å². The Morgan fingerprint density at radius 1 is 0.590 bits per heavy atom. The van der Waals surface area contributed by atoms with Crippen LogP contribution >= 0.6 is 0 Å². The number of fused-ring (bicyclic) bond motifs is 2. The largest absolute Gasteiger partial charge is 0.485 e. The number of para-hydroxylation sites is 2. The molecule has 39 heavy (non-hydrogen) atoms. The summed E-state index contributed by atoms with van der Waals surface area (Å²) < 4.78 is 8.70. The third-order valence-corrected chi connectivity index (χ3v) is 8.08. The molecular formula is C36H50N2O. The van der Waals surface area contributed by atoms with E-state index in [1.54, 1.807) is 0 Å². The van der Waals surface area contributed by atoms with Crippen molar-refractivity contribution in [1.29, 1.82) is 0 Å². The lowest BCUT2D eigenvalue weighted by Gasteiger charge is -2.12. The minimum Gasteiger partial charge on any atom is -0.485 e. The first-order valence-corrected chi connectivity index (χ1v) is 15.9. The highest BCUT2D eigenvalue weighted by atomic mass is 16.5. The summed E-state index contributed by atoms with van der Waals surface area (Å²) >= 11 is 0. The second-order valence-electron chi connectivity index (χ2n) is 11.2. The molecule has 0 radical (unpaired) electrons. The van der Waals surface area contributed by atoms with Crippen molar-refractivity contribution in [3.8, 4) is 5.75 Å². The summed E-state index contributed by atoms with van der Waals surface area (Å²) in [5, 5.41) is 2.36. The number of ether oxygens (including phenoxy) is 1. The Kier molecular flexibility index (Phi) is 12.7. The quantitative estimate of drug-likeness (QED) is 0.107. The van der Waals surface area contributed by atoms with E-state index in [0.29, 0.717) is 6.61 Å². The van der Waals surface area contributed by atoms with Crippen LogP contribution in [0.3, 0.4) is 0 Å². The van der Waals surface area contributed by atoms with Crippen molar-refractivity contribution < 1.29 is 4.74 Å². The van der Waals surface area contributed by atoms with Gasteiger partial charge in [0.15, 0.2) is 0 Å². The fourth-order valence-corrected chi connectivity index (χ4v) is 5.77. The normalized spacial score (nSPS) is 11.5. The number of hydrogen-bond acceptors (Lipinski definition) is 2. The summed E-state index contributed by atoms with van der Waals surface area (Å²) in [7, 11) is 0. The van der Waals surface area contributed by atoms with Crippen LogP contribution in [-0.2, 0) is 13.2 Å². The minimum absolute atomic E-state index is 0.488. The van der Waals surface area contributed by atoms with Crippen LogP contribution in [0.1, 0.15) is 115 Å². The van der Waals surface area contributed by atoms with Crippen molar-refractivity contribution in [2.75, 3.05) is 0 Å². The number of imidazole rings is 1. The maximum absolute atomic E-state index is 6.33. The first-order chi connectivity index (χ1) is 19.4. The van der Waals surface area contributed by atoms with Crippen molar-refractivity contribution in [3.05, 3.63) is 72.6 Å². The van der Waals surface area contributed by atoms with E-state index in [9.17, 15) is 0 Å². The Morgan fingerprint density at radius 3 is 1.85 bits per heavy atom. The average molecular weight is 527 g/mol. The molecule has 4 rings (SSSR count). The first-order valence-electron chi connectivity index (χ1n) is 15.9. The summed E-state index contributed by atoms with van der Waals surface area (Å²) in [6.07, 6.45) is 22.3. The molecule has 0 saturated carbocycles. The van der Waals surface area contributed by atoms with Crippen LogP contribution < -0.4 is 4.74 Å². The summed E-state index contributed by atoms with van der Waals surface area (Å²) in [4.78, 5) is 4.94. The molecule has 0 N–H and O–H groups in total. The standard InChI is InChI=1S/C36H50N2O/c1-2-3-4-5-6-7-8-9-10-11-12-13-14-15-16-21-29-38-34-27-20-19-26-33(34)37-36(38)30-39-35-28-22-24-31-23-17-18-25-32(31)35/h17-20,22-28H,2-16,21,29-30H2,1H3. The minimum atomic E-state index is 0.488. The second-order valence-corrected chi connectivity index (χ2v) is 11.2. The molecule has 3 heteroatoms. The zero-order valence-electron chi connectivity index (χ0n) is 24.4. The summed E-state index contributed by atoms with van der Waals surface area (Å²) in [5.41, 5.74) is 2.28. The highest BCUT2D eigenvalue weighted by Gasteiger charge is 2.12.